The molecule has 0 aliphatic carbocycles. The number of rotatable bonds is 9. The van der Waals surface area contributed by atoms with Crippen LogP contribution in [0, 0.1) is 24.7 Å². The molecule has 1 N–H and O–H groups in total. The third-order valence-electron chi connectivity index (χ3n) is 7.87. The van der Waals surface area contributed by atoms with Crippen molar-refractivity contribution in [1.82, 2.24) is 4.90 Å². The monoisotopic (exact) mass is 612 g/mol. The summed E-state index contributed by atoms with van der Waals surface area (Å²) in [6, 6.07) is 3.96. The van der Waals surface area contributed by atoms with E-state index in [0.29, 0.717) is 17.1 Å². The second kappa shape index (κ2) is 10.9. The van der Waals surface area contributed by atoms with E-state index < -0.39 is 34.6 Å². The third kappa shape index (κ3) is 4.43. The van der Waals surface area contributed by atoms with Crippen LogP contribution in [0.4, 0.5) is 5.69 Å². The van der Waals surface area contributed by atoms with Gasteiger partial charge in [-0.15, -0.1) is 18.3 Å². The van der Waals surface area contributed by atoms with Crippen LogP contribution in [-0.2, 0) is 19.1 Å². The van der Waals surface area contributed by atoms with Crippen LogP contribution < -0.4 is 4.90 Å². The van der Waals surface area contributed by atoms with Crippen LogP contribution in [0.1, 0.15) is 32.8 Å². The lowest BCUT2D eigenvalue weighted by Crippen LogP contribution is -2.59. The molecule has 1 spiro atoms. The van der Waals surface area contributed by atoms with Crippen LogP contribution in [0.5, 0.6) is 0 Å². The van der Waals surface area contributed by atoms with Gasteiger partial charge in [-0.25, -0.2) is 0 Å². The number of carbonyl (C=O) groups is 3. The Labute approximate surface area is 236 Å². The maximum atomic E-state index is 14.7. The SMILES string of the molecule is C=CCN(C(=O)C1N([C@@H](CO)C(C)C)C(=O)[C@@H]2[C@H](C(=O)OCC)[C@H]3SC12CC3Br)c1c(C)cccc1Cl. The minimum absolute atomic E-state index is 0.0623. The van der Waals surface area contributed by atoms with Gasteiger partial charge in [0.25, 0.3) is 5.91 Å². The van der Waals surface area contributed by atoms with Crippen LogP contribution in [-0.4, -0.2) is 74.5 Å². The number of para-hydroxylation sites is 1. The number of aliphatic hydroxyl groups is 1. The second-order valence-electron chi connectivity index (χ2n) is 10.3. The Hall–Kier alpha value is -1.55. The maximum Gasteiger partial charge on any atom is 0.310 e. The summed E-state index contributed by atoms with van der Waals surface area (Å²) < 4.78 is 4.57. The normalized spacial score (nSPS) is 31.0. The minimum Gasteiger partial charge on any atom is -0.466 e. The summed E-state index contributed by atoms with van der Waals surface area (Å²) in [6.07, 6.45) is 2.18. The summed E-state index contributed by atoms with van der Waals surface area (Å²) in [6.45, 7) is 11.4. The van der Waals surface area contributed by atoms with Gasteiger partial charge < -0.3 is 19.6 Å². The number of nitrogens with zero attached hydrogens (tertiary/aromatic N) is 2. The Morgan fingerprint density at radius 2 is 2.14 bits per heavy atom. The van der Waals surface area contributed by atoms with Gasteiger partial charge in [0.05, 0.1) is 46.5 Å². The number of alkyl halides is 1. The number of thioether (sulfide) groups is 1. The lowest BCUT2D eigenvalue weighted by Gasteiger charge is -2.41. The zero-order valence-corrected chi connectivity index (χ0v) is 24.7. The van der Waals surface area contributed by atoms with Crippen molar-refractivity contribution in [2.24, 2.45) is 17.8 Å². The first kappa shape index (κ1) is 28.5. The van der Waals surface area contributed by atoms with Crippen molar-refractivity contribution in [3.8, 4) is 0 Å². The molecule has 0 aromatic heterocycles. The van der Waals surface area contributed by atoms with E-state index in [1.54, 1.807) is 40.6 Å². The molecule has 3 unspecified atom stereocenters. The smallest absolute Gasteiger partial charge is 0.310 e. The number of hydrogen-bond acceptors (Lipinski definition) is 6. The van der Waals surface area contributed by atoms with Crippen molar-refractivity contribution in [2.75, 3.05) is 24.7 Å². The topological polar surface area (TPSA) is 87.2 Å². The fourth-order valence-corrected chi connectivity index (χ4v) is 10.3. The number of aryl methyl sites for hydroxylation is 1. The lowest BCUT2D eigenvalue weighted by molar-refractivity contribution is -0.154. The Morgan fingerprint density at radius 1 is 1.43 bits per heavy atom. The fraction of sp³-hybridized carbons (Fsp3) is 0.593. The highest BCUT2D eigenvalue weighted by Gasteiger charge is 2.76. The predicted molar refractivity (Wildman–Crippen MR) is 150 cm³/mol. The van der Waals surface area contributed by atoms with E-state index in [4.69, 9.17) is 16.3 Å². The van der Waals surface area contributed by atoms with Crippen molar-refractivity contribution in [1.29, 1.82) is 0 Å². The average molecular weight is 614 g/mol. The number of benzene rings is 1. The number of halogens is 2. The first-order valence-corrected chi connectivity index (χ1v) is 14.8. The molecule has 7 atom stereocenters. The Balaban J connectivity index is 1.89. The summed E-state index contributed by atoms with van der Waals surface area (Å²) in [7, 11) is 0. The lowest BCUT2D eigenvalue weighted by atomic mass is 9.71. The van der Waals surface area contributed by atoms with Gasteiger partial charge >= 0.3 is 5.97 Å². The van der Waals surface area contributed by atoms with Gasteiger partial charge in [0, 0.05) is 16.6 Å². The van der Waals surface area contributed by atoms with Crippen LogP contribution in [0.25, 0.3) is 0 Å². The van der Waals surface area contributed by atoms with Gasteiger partial charge in [-0.2, -0.15) is 0 Å². The number of aliphatic hydroxyl groups excluding tert-OH is 1. The molecule has 2 amide bonds. The Kier molecular flexibility index (Phi) is 8.39. The standard InChI is InChI=1S/C27H34BrClN2O5S/c1-6-11-30(21-15(5)9-8-10-17(21)29)25(34)23-27-12-16(28)22(37-27)19(26(35)36-7-2)20(27)24(33)31(23)18(13-32)14(3)4/h6,8-10,14,16,18-20,22-23,32H,1,7,11-13H2,2-5H3/t16?,18-,19-,20-,22-,23?,27?/m0/s1. The first-order chi connectivity index (χ1) is 17.5. The summed E-state index contributed by atoms with van der Waals surface area (Å²) in [5.74, 6) is -2.46. The number of fused-ring (bicyclic) bond motifs is 1. The molecule has 10 heteroatoms. The van der Waals surface area contributed by atoms with Crippen molar-refractivity contribution in [2.45, 2.75) is 61.0 Å². The molecular formula is C27H34BrClN2O5S. The molecule has 4 rings (SSSR count). The molecule has 0 radical (unpaired) electrons. The van der Waals surface area contributed by atoms with Gasteiger partial charge in [-0.3, -0.25) is 14.4 Å². The minimum atomic E-state index is -0.894. The van der Waals surface area contributed by atoms with E-state index in [1.165, 1.54) is 0 Å². The number of amides is 2. The number of carbonyl (C=O) groups excluding carboxylic acids is 3. The van der Waals surface area contributed by atoms with Crippen LogP contribution >= 0.6 is 39.3 Å². The summed E-state index contributed by atoms with van der Waals surface area (Å²) in [5.41, 5.74) is 1.39. The number of ether oxygens (including phenoxy) is 1. The van der Waals surface area contributed by atoms with Crippen molar-refractivity contribution >= 4 is 62.8 Å². The summed E-state index contributed by atoms with van der Waals surface area (Å²) in [4.78, 5) is 45.2. The average Bonchev–Trinajstić information content (AvgIpc) is 3.42. The van der Waals surface area contributed by atoms with Gasteiger partial charge in [0.15, 0.2) is 0 Å². The van der Waals surface area contributed by atoms with Crippen LogP contribution in [0.2, 0.25) is 5.02 Å². The maximum absolute atomic E-state index is 14.7. The molecule has 3 fully saturated rings. The van der Waals surface area contributed by atoms with Crippen LogP contribution in [0.15, 0.2) is 30.9 Å². The molecule has 0 saturated carbocycles. The Morgan fingerprint density at radius 3 is 2.70 bits per heavy atom. The van der Waals surface area contributed by atoms with Gasteiger partial charge in [0.2, 0.25) is 5.91 Å². The van der Waals surface area contributed by atoms with Gasteiger partial charge in [-0.05, 0) is 37.8 Å². The third-order valence-corrected chi connectivity index (χ3v) is 11.4. The molecule has 3 saturated heterocycles. The van der Waals surface area contributed by atoms with E-state index in [0.717, 1.165) is 5.56 Å². The highest BCUT2D eigenvalue weighted by atomic mass is 79.9. The quantitative estimate of drug-likeness (QED) is 0.255. The molecule has 37 heavy (non-hydrogen) atoms. The zero-order chi connectivity index (χ0) is 27.2. The Bertz CT molecular complexity index is 1080. The predicted octanol–water partition coefficient (Wildman–Crippen LogP) is 4.21. The van der Waals surface area contributed by atoms with Crippen molar-refractivity contribution in [3.63, 3.8) is 0 Å². The largest absolute Gasteiger partial charge is 0.466 e. The van der Waals surface area contributed by atoms with Crippen molar-refractivity contribution in [3.05, 3.63) is 41.4 Å². The molecule has 1 aromatic rings. The number of hydrogen-bond donors (Lipinski definition) is 1. The summed E-state index contributed by atoms with van der Waals surface area (Å²) in [5, 5.41) is 10.6. The second-order valence-corrected chi connectivity index (χ2v) is 13.4. The molecule has 3 aliphatic rings. The zero-order valence-electron chi connectivity index (χ0n) is 21.5. The highest BCUT2D eigenvalue weighted by molar-refractivity contribution is 9.09. The first-order valence-electron chi connectivity index (χ1n) is 12.6. The van der Waals surface area contributed by atoms with E-state index >= 15 is 0 Å². The molecule has 3 heterocycles. The van der Waals surface area contributed by atoms with Crippen LogP contribution in [0.3, 0.4) is 0 Å². The van der Waals surface area contributed by atoms with Gasteiger partial charge in [0.1, 0.15) is 6.04 Å². The van der Waals surface area contributed by atoms with E-state index in [2.05, 4.69) is 22.5 Å². The molecule has 7 nitrogen and oxygen atoms in total. The van der Waals surface area contributed by atoms with E-state index in [-0.39, 0.29) is 47.6 Å². The van der Waals surface area contributed by atoms with E-state index in [9.17, 15) is 19.5 Å². The molecule has 1 aromatic carbocycles. The van der Waals surface area contributed by atoms with Crippen molar-refractivity contribution < 1.29 is 24.2 Å². The number of likely N-dealkylation sites (tertiary alicyclic amines) is 1. The summed E-state index contributed by atoms with van der Waals surface area (Å²) >= 11 is 11.9. The highest BCUT2D eigenvalue weighted by Crippen LogP contribution is 2.68. The number of anilines is 1. The molecule has 3 aliphatic heterocycles. The molecular weight excluding hydrogens is 580 g/mol. The van der Waals surface area contributed by atoms with E-state index in [1.807, 2.05) is 32.9 Å². The molecule has 202 valence electrons. The number of esters is 1. The molecule has 2 bridgehead atoms. The van der Waals surface area contributed by atoms with Gasteiger partial charge in [-0.1, -0.05) is 59.6 Å². The fourth-order valence-electron chi connectivity index (χ4n) is 6.37.